The quantitative estimate of drug-likeness (QED) is 0.872. The third kappa shape index (κ3) is 2.22. The van der Waals surface area contributed by atoms with E-state index in [1.807, 2.05) is 13.8 Å². The molecule has 0 radical (unpaired) electrons. The first kappa shape index (κ1) is 12.2. The third-order valence-electron chi connectivity index (χ3n) is 2.59. The molecule has 0 aliphatic carbocycles. The number of amides is 1. The predicted octanol–water partition coefficient (Wildman–Crippen LogP) is 2.43. The zero-order valence-corrected chi connectivity index (χ0v) is 10.3. The fourth-order valence-electron chi connectivity index (χ4n) is 1.83. The SMILES string of the molecule is CC(C)Oc1cc2c(O)cccc2cc1C(N)=O. The molecule has 0 spiro atoms. The van der Waals surface area contributed by atoms with E-state index < -0.39 is 5.91 Å². The Balaban J connectivity index is 2.69. The van der Waals surface area contributed by atoms with Crippen molar-refractivity contribution in [2.75, 3.05) is 0 Å². The van der Waals surface area contributed by atoms with Crippen LogP contribution in [-0.2, 0) is 0 Å². The number of rotatable bonds is 3. The van der Waals surface area contributed by atoms with Gasteiger partial charge in [0.25, 0.3) is 5.91 Å². The van der Waals surface area contributed by atoms with Gasteiger partial charge in [-0.3, -0.25) is 4.79 Å². The topological polar surface area (TPSA) is 72.6 Å². The number of ether oxygens (including phenoxy) is 1. The number of hydrogen-bond donors (Lipinski definition) is 2. The van der Waals surface area contributed by atoms with Crippen molar-refractivity contribution in [1.29, 1.82) is 0 Å². The molecule has 0 unspecified atom stereocenters. The summed E-state index contributed by atoms with van der Waals surface area (Å²) in [5.74, 6) is -0.000445. The van der Waals surface area contributed by atoms with Crippen LogP contribution < -0.4 is 10.5 Å². The van der Waals surface area contributed by atoms with Gasteiger partial charge < -0.3 is 15.6 Å². The van der Waals surface area contributed by atoms with Crippen molar-refractivity contribution in [2.24, 2.45) is 5.73 Å². The minimum Gasteiger partial charge on any atom is -0.507 e. The normalized spacial score (nSPS) is 10.8. The van der Waals surface area contributed by atoms with Crippen LogP contribution >= 0.6 is 0 Å². The summed E-state index contributed by atoms with van der Waals surface area (Å²) < 4.78 is 5.56. The number of benzene rings is 2. The number of fused-ring (bicyclic) bond motifs is 1. The zero-order valence-electron chi connectivity index (χ0n) is 10.3. The molecule has 0 heterocycles. The summed E-state index contributed by atoms with van der Waals surface area (Å²) in [7, 11) is 0. The molecule has 0 aliphatic rings. The van der Waals surface area contributed by atoms with Gasteiger partial charge in [-0.05, 0) is 37.4 Å². The Morgan fingerprint density at radius 3 is 2.67 bits per heavy atom. The van der Waals surface area contributed by atoms with Crippen LogP contribution in [0.5, 0.6) is 11.5 Å². The summed E-state index contributed by atoms with van der Waals surface area (Å²) in [6, 6.07) is 8.39. The van der Waals surface area contributed by atoms with Crippen LogP contribution in [0.1, 0.15) is 24.2 Å². The second-order valence-corrected chi connectivity index (χ2v) is 4.38. The summed E-state index contributed by atoms with van der Waals surface area (Å²) in [6.45, 7) is 3.72. The van der Waals surface area contributed by atoms with Gasteiger partial charge in [0.05, 0.1) is 11.7 Å². The Morgan fingerprint density at radius 2 is 2.06 bits per heavy atom. The van der Waals surface area contributed by atoms with Gasteiger partial charge in [-0.1, -0.05) is 12.1 Å². The van der Waals surface area contributed by atoms with E-state index in [1.54, 1.807) is 30.3 Å². The van der Waals surface area contributed by atoms with Gasteiger partial charge in [0.2, 0.25) is 0 Å². The van der Waals surface area contributed by atoms with E-state index in [1.165, 1.54) is 0 Å². The van der Waals surface area contributed by atoms with Crippen LogP contribution in [0.25, 0.3) is 10.8 Å². The van der Waals surface area contributed by atoms with Gasteiger partial charge in [-0.2, -0.15) is 0 Å². The molecule has 2 rings (SSSR count). The molecule has 94 valence electrons. The largest absolute Gasteiger partial charge is 0.507 e. The number of nitrogens with two attached hydrogens (primary N) is 1. The molecule has 0 aromatic heterocycles. The summed E-state index contributed by atoms with van der Waals surface area (Å²) in [4.78, 5) is 11.4. The van der Waals surface area contributed by atoms with Crippen LogP contribution in [0.15, 0.2) is 30.3 Å². The maximum Gasteiger partial charge on any atom is 0.252 e. The molecule has 4 heteroatoms. The molecule has 2 aromatic carbocycles. The number of aromatic hydroxyl groups is 1. The second-order valence-electron chi connectivity index (χ2n) is 4.38. The average molecular weight is 245 g/mol. The van der Waals surface area contributed by atoms with Gasteiger partial charge in [0.15, 0.2) is 0 Å². The summed E-state index contributed by atoms with van der Waals surface area (Å²) in [5, 5.41) is 11.2. The maximum atomic E-state index is 11.4. The number of phenols is 1. The highest BCUT2D eigenvalue weighted by atomic mass is 16.5. The first-order valence-electron chi connectivity index (χ1n) is 5.71. The fourth-order valence-corrected chi connectivity index (χ4v) is 1.83. The maximum absolute atomic E-state index is 11.4. The van der Waals surface area contributed by atoms with E-state index in [4.69, 9.17) is 10.5 Å². The van der Waals surface area contributed by atoms with E-state index in [9.17, 15) is 9.90 Å². The average Bonchev–Trinajstić information content (AvgIpc) is 2.28. The van der Waals surface area contributed by atoms with Gasteiger partial charge in [-0.15, -0.1) is 0 Å². The van der Waals surface area contributed by atoms with Crippen molar-refractivity contribution in [3.05, 3.63) is 35.9 Å². The van der Waals surface area contributed by atoms with Crippen molar-refractivity contribution >= 4 is 16.7 Å². The highest BCUT2D eigenvalue weighted by molar-refractivity contribution is 6.02. The lowest BCUT2D eigenvalue weighted by molar-refractivity contribution is 0.0995. The molecule has 0 atom stereocenters. The molecule has 1 amide bonds. The van der Waals surface area contributed by atoms with E-state index in [-0.39, 0.29) is 11.9 Å². The first-order chi connectivity index (χ1) is 8.49. The van der Waals surface area contributed by atoms with Crippen molar-refractivity contribution in [3.63, 3.8) is 0 Å². The Morgan fingerprint density at radius 1 is 1.33 bits per heavy atom. The molecule has 18 heavy (non-hydrogen) atoms. The summed E-state index contributed by atoms with van der Waals surface area (Å²) in [5.41, 5.74) is 5.66. The standard InChI is InChI=1S/C14H15NO3/c1-8(2)18-13-7-10-9(4-3-5-12(10)16)6-11(13)14(15)17/h3-8,16H,1-2H3,(H2,15,17). The van der Waals surface area contributed by atoms with Crippen LogP contribution in [0.2, 0.25) is 0 Å². The van der Waals surface area contributed by atoms with Crippen LogP contribution in [0.3, 0.4) is 0 Å². The van der Waals surface area contributed by atoms with Crippen molar-refractivity contribution < 1.29 is 14.6 Å². The highest BCUT2D eigenvalue weighted by Gasteiger charge is 2.13. The molecule has 4 nitrogen and oxygen atoms in total. The van der Waals surface area contributed by atoms with E-state index >= 15 is 0 Å². The van der Waals surface area contributed by atoms with Gasteiger partial charge in [-0.25, -0.2) is 0 Å². The molecule has 2 aromatic rings. The molecular weight excluding hydrogens is 230 g/mol. The smallest absolute Gasteiger partial charge is 0.252 e. The number of carbonyl (C=O) groups is 1. The van der Waals surface area contributed by atoms with E-state index in [2.05, 4.69) is 0 Å². The molecule has 0 bridgehead atoms. The molecular formula is C14H15NO3. The predicted molar refractivity (Wildman–Crippen MR) is 69.9 cm³/mol. The second kappa shape index (κ2) is 4.56. The lowest BCUT2D eigenvalue weighted by Gasteiger charge is -2.14. The van der Waals surface area contributed by atoms with Crippen LogP contribution in [0.4, 0.5) is 0 Å². The Bertz CT molecular complexity index is 605. The van der Waals surface area contributed by atoms with Gasteiger partial charge in [0.1, 0.15) is 11.5 Å². The van der Waals surface area contributed by atoms with Crippen molar-refractivity contribution in [2.45, 2.75) is 20.0 Å². The van der Waals surface area contributed by atoms with Gasteiger partial charge in [0, 0.05) is 5.39 Å². The Labute approximate surface area is 105 Å². The zero-order chi connectivity index (χ0) is 13.3. The number of phenolic OH excluding ortho intramolecular Hbond substituents is 1. The minimum absolute atomic E-state index is 0.0774. The van der Waals surface area contributed by atoms with E-state index in [0.717, 1.165) is 5.39 Å². The van der Waals surface area contributed by atoms with Crippen molar-refractivity contribution in [1.82, 2.24) is 0 Å². The lowest BCUT2D eigenvalue weighted by atomic mass is 10.0. The number of primary amides is 1. The van der Waals surface area contributed by atoms with Gasteiger partial charge >= 0.3 is 0 Å². The molecule has 0 aliphatic heterocycles. The fraction of sp³-hybridized carbons (Fsp3) is 0.214. The molecule has 0 saturated carbocycles. The number of hydrogen-bond acceptors (Lipinski definition) is 3. The monoisotopic (exact) mass is 245 g/mol. The summed E-state index contributed by atoms with van der Waals surface area (Å²) in [6.07, 6.45) is -0.0774. The van der Waals surface area contributed by atoms with Crippen LogP contribution in [0, 0.1) is 0 Å². The highest BCUT2D eigenvalue weighted by Crippen LogP contribution is 2.31. The Hall–Kier alpha value is -2.23. The Kier molecular flexibility index (Phi) is 3.10. The summed E-state index contributed by atoms with van der Waals surface area (Å²) >= 11 is 0. The van der Waals surface area contributed by atoms with Crippen LogP contribution in [-0.4, -0.2) is 17.1 Å². The van der Waals surface area contributed by atoms with E-state index in [0.29, 0.717) is 16.7 Å². The lowest BCUT2D eigenvalue weighted by Crippen LogP contribution is -2.15. The minimum atomic E-state index is -0.545. The molecule has 0 saturated heterocycles. The molecule has 0 fully saturated rings. The molecule has 3 N–H and O–H groups in total. The third-order valence-corrected chi connectivity index (χ3v) is 2.59. The van der Waals surface area contributed by atoms with Crippen molar-refractivity contribution in [3.8, 4) is 11.5 Å². The number of carbonyl (C=O) groups excluding carboxylic acids is 1. The first-order valence-corrected chi connectivity index (χ1v) is 5.71.